The zero-order chi connectivity index (χ0) is 21.3. The third-order valence-corrected chi connectivity index (χ3v) is 5.10. The summed E-state index contributed by atoms with van der Waals surface area (Å²) >= 11 is 0. The number of benzene rings is 1. The number of hydrogen-bond donors (Lipinski definition) is 2. The standard InChI is InChI=1S/C23H24N4O3/c1-13(2)21(18-12-20(28)26-22(25-18)17-6-4-5-9-24-17)27-23(29)15-7-8-19-16(11-15)10-14(3)30-19/h4-9,11-14,21H,10H2,1-3H3,(H,27,29)(H,25,26,28)/t14-,21-/m0/s1. The molecule has 1 aliphatic heterocycles. The van der Waals surface area contributed by atoms with Crippen molar-refractivity contribution in [1.29, 1.82) is 0 Å². The Kier molecular flexibility index (Phi) is 5.35. The number of hydrogen-bond acceptors (Lipinski definition) is 5. The summed E-state index contributed by atoms with van der Waals surface area (Å²) in [4.78, 5) is 36.8. The van der Waals surface area contributed by atoms with Crippen LogP contribution in [0.2, 0.25) is 0 Å². The highest BCUT2D eigenvalue weighted by Crippen LogP contribution is 2.30. The summed E-state index contributed by atoms with van der Waals surface area (Å²) in [5, 5.41) is 3.04. The van der Waals surface area contributed by atoms with Crippen LogP contribution < -0.4 is 15.6 Å². The first kappa shape index (κ1) is 19.8. The lowest BCUT2D eigenvalue weighted by molar-refractivity contribution is 0.0924. The van der Waals surface area contributed by atoms with Crippen LogP contribution >= 0.6 is 0 Å². The first-order chi connectivity index (χ1) is 14.4. The molecule has 0 fully saturated rings. The number of carbonyl (C=O) groups is 1. The molecule has 0 spiro atoms. The van der Waals surface area contributed by atoms with Gasteiger partial charge < -0.3 is 15.0 Å². The van der Waals surface area contributed by atoms with E-state index in [0.29, 0.717) is 22.8 Å². The van der Waals surface area contributed by atoms with E-state index in [1.165, 1.54) is 6.07 Å². The molecule has 2 aromatic heterocycles. The molecule has 1 amide bonds. The third kappa shape index (κ3) is 4.10. The molecule has 1 aliphatic rings. The number of rotatable bonds is 5. The van der Waals surface area contributed by atoms with Gasteiger partial charge in [-0.05, 0) is 48.7 Å². The summed E-state index contributed by atoms with van der Waals surface area (Å²) in [5.74, 6) is 1.02. The van der Waals surface area contributed by atoms with Gasteiger partial charge in [0, 0.05) is 24.2 Å². The maximum absolute atomic E-state index is 13.0. The van der Waals surface area contributed by atoms with Gasteiger partial charge in [0.15, 0.2) is 5.82 Å². The Bertz CT molecular complexity index is 1120. The third-order valence-electron chi connectivity index (χ3n) is 5.10. The van der Waals surface area contributed by atoms with Crippen LogP contribution in [0.3, 0.4) is 0 Å². The van der Waals surface area contributed by atoms with Gasteiger partial charge in [0.1, 0.15) is 17.5 Å². The average Bonchev–Trinajstić information content (AvgIpc) is 3.11. The molecule has 3 heterocycles. The summed E-state index contributed by atoms with van der Waals surface area (Å²) < 4.78 is 5.71. The van der Waals surface area contributed by atoms with Gasteiger partial charge in [-0.3, -0.25) is 14.6 Å². The van der Waals surface area contributed by atoms with Crippen LogP contribution in [0.25, 0.3) is 11.5 Å². The predicted octanol–water partition coefficient (Wildman–Crippen LogP) is 3.28. The van der Waals surface area contributed by atoms with Gasteiger partial charge in [0.25, 0.3) is 11.5 Å². The molecule has 4 rings (SSSR count). The van der Waals surface area contributed by atoms with Crippen LogP contribution in [0.5, 0.6) is 5.75 Å². The van der Waals surface area contributed by atoms with E-state index in [9.17, 15) is 9.59 Å². The Morgan fingerprint density at radius 1 is 1.23 bits per heavy atom. The Balaban J connectivity index is 1.62. The molecule has 2 N–H and O–H groups in total. The van der Waals surface area contributed by atoms with Crippen molar-refractivity contribution in [3.8, 4) is 17.3 Å². The van der Waals surface area contributed by atoms with Crippen molar-refractivity contribution >= 4 is 5.91 Å². The Morgan fingerprint density at radius 3 is 2.80 bits per heavy atom. The number of aromatic amines is 1. The van der Waals surface area contributed by atoms with Crippen LogP contribution in [-0.4, -0.2) is 27.0 Å². The highest BCUT2D eigenvalue weighted by molar-refractivity contribution is 5.95. The van der Waals surface area contributed by atoms with Gasteiger partial charge >= 0.3 is 0 Å². The van der Waals surface area contributed by atoms with Crippen molar-refractivity contribution < 1.29 is 9.53 Å². The smallest absolute Gasteiger partial charge is 0.251 e. The van der Waals surface area contributed by atoms with Crippen molar-refractivity contribution in [1.82, 2.24) is 20.3 Å². The van der Waals surface area contributed by atoms with Crippen LogP contribution in [0.1, 0.15) is 48.4 Å². The lowest BCUT2D eigenvalue weighted by Gasteiger charge is -2.22. The van der Waals surface area contributed by atoms with Gasteiger partial charge in [-0.1, -0.05) is 19.9 Å². The molecule has 0 bridgehead atoms. The highest BCUT2D eigenvalue weighted by atomic mass is 16.5. The van der Waals surface area contributed by atoms with Gasteiger partial charge in [0.05, 0.1) is 11.7 Å². The lowest BCUT2D eigenvalue weighted by Crippen LogP contribution is -2.33. The zero-order valence-electron chi connectivity index (χ0n) is 17.2. The number of carbonyl (C=O) groups excluding carboxylic acids is 1. The molecule has 0 unspecified atom stereocenters. The number of nitrogens with zero attached hydrogens (tertiary/aromatic N) is 2. The summed E-state index contributed by atoms with van der Waals surface area (Å²) in [7, 11) is 0. The molecule has 0 radical (unpaired) electrons. The van der Waals surface area contributed by atoms with Gasteiger partial charge in [-0.2, -0.15) is 0 Å². The number of nitrogens with one attached hydrogen (secondary N) is 2. The van der Waals surface area contributed by atoms with Gasteiger partial charge in [-0.15, -0.1) is 0 Å². The van der Waals surface area contributed by atoms with Gasteiger partial charge in [-0.25, -0.2) is 4.98 Å². The minimum Gasteiger partial charge on any atom is -0.490 e. The number of aromatic nitrogens is 3. The van der Waals surface area contributed by atoms with Gasteiger partial charge in [0.2, 0.25) is 0 Å². The van der Waals surface area contributed by atoms with E-state index in [2.05, 4.69) is 20.3 Å². The molecule has 0 saturated heterocycles. The molecular weight excluding hydrogens is 380 g/mol. The topological polar surface area (TPSA) is 97.0 Å². The van der Waals surface area contributed by atoms with E-state index in [0.717, 1.165) is 17.7 Å². The molecule has 3 aromatic rings. The monoisotopic (exact) mass is 404 g/mol. The maximum atomic E-state index is 13.0. The van der Waals surface area contributed by atoms with Crippen molar-refractivity contribution in [2.45, 2.75) is 39.3 Å². The van der Waals surface area contributed by atoms with E-state index in [4.69, 9.17) is 4.74 Å². The van der Waals surface area contributed by atoms with Crippen LogP contribution in [0.4, 0.5) is 0 Å². The summed E-state index contributed by atoms with van der Waals surface area (Å²) in [6, 6.07) is 11.9. The SMILES string of the molecule is CC(C)[C@H](NC(=O)c1ccc2c(c1)C[C@H](C)O2)c1cc(=O)[nH]c(-c2ccccn2)n1. The van der Waals surface area contributed by atoms with Crippen LogP contribution in [-0.2, 0) is 6.42 Å². The molecule has 2 atom stereocenters. The second-order valence-electron chi connectivity index (χ2n) is 7.88. The first-order valence-corrected chi connectivity index (χ1v) is 10.0. The fourth-order valence-corrected chi connectivity index (χ4v) is 3.63. The Morgan fingerprint density at radius 2 is 2.07 bits per heavy atom. The van der Waals surface area contributed by atoms with E-state index in [1.807, 2.05) is 39.0 Å². The quantitative estimate of drug-likeness (QED) is 0.680. The minimum absolute atomic E-state index is 0.0256. The van der Waals surface area contributed by atoms with E-state index >= 15 is 0 Å². The van der Waals surface area contributed by atoms with E-state index in [-0.39, 0.29) is 23.5 Å². The minimum atomic E-state index is -0.425. The van der Waals surface area contributed by atoms with E-state index in [1.54, 1.807) is 24.4 Å². The molecule has 0 aliphatic carbocycles. The van der Waals surface area contributed by atoms with Crippen LogP contribution in [0, 0.1) is 5.92 Å². The normalized spacial score (nSPS) is 16.1. The largest absolute Gasteiger partial charge is 0.490 e. The number of amides is 1. The fourth-order valence-electron chi connectivity index (χ4n) is 3.63. The Hall–Kier alpha value is -3.48. The maximum Gasteiger partial charge on any atom is 0.251 e. The number of pyridine rings is 1. The molecule has 0 saturated carbocycles. The molecular formula is C23H24N4O3. The second kappa shape index (κ2) is 8.10. The molecule has 7 nitrogen and oxygen atoms in total. The fraction of sp³-hybridized carbons (Fsp3) is 0.304. The molecule has 7 heteroatoms. The summed E-state index contributed by atoms with van der Waals surface area (Å²) in [6.45, 7) is 5.96. The van der Waals surface area contributed by atoms with Crippen LogP contribution in [0.15, 0.2) is 53.5 Å². The molecule has 30 heavy (non-hydrogen) atoms. The first-order valence-electron chi connectivity index (χ1n) is 10.0. The van der Waals surface area contributed by atoms with Crippen molar-refractivity contribution in [3.05, 3.63) is 75.8 Å². The number of H-pyrrole nitrogens is 1. The number of fused-ring (bicyclic) bond motifs is 1. The van der Waals surface area contributed by atoms with E-state index < -0.39 is 6.04 Å². The Labute approximate surface area is 174 Å². The zero-order valence-corrected chi connectivity index (χ0v) is 17.2. The highest BCUT2D eigenvalue weighted by Gasteiger charge is 2.24. The summed E-state index contributed by atoms with van der Waals surface area (Å²) in [6.07, 6.45) is 2.54. The van der Waals surface area contributed by atoms with Crippen molar-refractivity contribution in [2.24, 2.45) is 5.92 Å². The predicted molar refractivity (Wildman–Crippen MR) is 113 cm³/mol. The second-order valence-corrected chi connectivity index (χ2v) is 7.88. The number of ether oxygens (including phenoxy) is 1. The van der Waals surface area contributed by atoms with Crippen molar-refractivity contribution in [2.75, 3.05) is 0 Å². The summed E-state index contributed by atoms with van der Waals surface area (Å²) in [5.41, 5.74) is 2.37. The average molecular weight is 404 g/mol. The van der Waals surface area contributed by atoms with Crippen molar-refractivity contribution in [3.63, 3.8) is 0 Å². The lowest BCUT2D eigenvalue weighted by atomic mass is 9.99. The molecule has 1 aromatic carbocycles. The molecule has 154 valence electrons.